The van der Waals surface area contributed by atoms with Crippen LogP contribution in [0.25, 0.3) is 0 Å². The summed E-state index contributed by atoms with van der Waals surface area (Å²) in [4.78, 5) is 7.86. The summed E-state index contributed by atoms with van der Waals surface area (Å²) in [5, 5.41) is 11.7. The number of rotatable bonds is 2. The zero-order chi connectivity index (χ0) is 12.3. The van der Waals surface area contributed by atoms with Crippen molar-refractivity contribution in [2.75, 3.05) is 13.1 Å². The first-order valence-electron chi connectivity index (χ1n) is 5.93. The zero-order valence-corrected chi connectivity index (χ0v) is 10.4. The maximum atomic E-state index is 5.96. The minimum absolute atomic E-state index is 0.393. The highest BCUT2D eigenvalue weighted by atomic mass is 15.6. The molecule has 17 heavy (non-hydrogen) atoms. The first kappa shape index (κ1) is 11.8. The topological polar surface area (TPSA) is 85.2 Å². The normalized spacial score (nSPS) is 21.9. The molecular weight excluding hydrogens is 218 g/mol. The number of nitrogens with zero attached hydrogens (tertiary/aromatic N) is 6. The molecule has 2 rings (SSSR count). The average Bonchev–Trinajstić information content (AvgIpc) is 2.72. The van der Waals surface area contributed by atoms with Gasteiger partial charge in [-0.1, -0.05) is 6.92 Å². The van der Waals surface area contributed by atoms with Crippen LogP contribution in [-0.2, 0) is 13.6 Å². The Balaban J connectivity index is 1.92. The van der Waals surface area contributed by atoms with Gasteiger partial charge in [-0.25, -0.2) is 4.99 Å². The average molecular weight is 237 g/mol. The fourth-order valence-electron chi connectivity index (χ4n) is 2.04. The van der Waals surface area contributed by atoms with Gasteiger partial charge in [0.05, 0.1) is 7.05 Å². The molecule has 0 aliphatic carbocycles. The van der Waals surface area contributed by atoms with E-state index in [1.165, 1.54) is 17.6 Å². The van der Waals surface area contributed by atoms with Crippen molar-refractivity contribution in [2.45, 2.75) is 26.3 Å². The van der Waals surface area contributed by atoms with E-state index in [2.05, 4.69) is 32.2 Å². The maximum Gasteiger partial charge on any atom is 0.196 e. The maximum absolute atomic E-state index is 5.96. The lowest BCUT2D eigenvalue weighted by Gasteiger charge is -2.31. The van der Waals surface area contributed by atoms with Crippen molar-refractivity contribution in [2.24, 2.45) is 23.7 Å². The van der Waals surface area contributed by atoms with Crippen molar-refractivity contribution in [3.8, 4) is 0 Å². The molecule has 1 fully saturated rings. The number of nitrogens with two attached hydrogens (primary N) is 1. The summed E-state index contributed by atoms with van der Waals surface area (Å²) >= 11 is 0. The van der Waals surface area contributed by atoms with Gasteiger partial charge in [-0.3, -0.25) is 0 Å². The summed E-state index contributed by atoms with van der Waals surface area (Å²) in [7, 11) is 1.73. The fourth-order valence-corrected chi connectivity index (χ4v) is 2.04. The molecule has 7 heteroatoms. The van der Waals surface area contributed by atoms with E-state index >= 15 is 0 Å². The second-order valence-electron chi connectivity index (χ2n) is 4.56. The molecule has 7 nitrogen and oxygen atoms in total. The minimum Gasteiger partial charge on any atom is -0.370 e. The molecule has 2 heterocycles. The number of piperidine rings is 1. The van der Waals surface area contributed by atoms with E-state index in [9.17, 15) is 0 Å². The molecule has 0 spiro atoms. The second-order valence-corrected chi connectivity index (χ2v) is 4.56. The summed E-state index contributed by atoms with van der Waals surface area (Å²) in [6, 6.07) is 0. The number of hydrogen-bond acceptors (Lipinski definition) is 4. The van der Waals surface area contributed by atoms with E-state index in [4.69, 9.17) is 5.73 Å². The van der Waals surface area contributed by atoms with Gasteiger partial charge in [0.15, 0.2) is 11.8 Å². The Labute approximate surface area is 101 Å². The van der Waals surface area contributed by atoms with Gasteiger partial charge in [-0.15, -0.1) is 10.2 Å². The highest BCUT2D eigenvalue weighted by Crippen LogP contribution is 2.14. The number of aliphatic imine (C=N–C) groups is 1. The third-order valence-corrected chi connectivity index (χ3v) is 2.91. The molecule has 2 N–H and O–H groups in total. The van der Waals surface area contributed by atoms with Crippen molar-refractivity contribution in [3.05, 3.63) is 5.82 Å². The molecule has 1 saturated heterocycles. The van der Waals surface area contributed by atoms with Crippen LogP contribution < -0.4 is 5.73 Å². The standard InChI is InChI=1S/C10H19N7/c1-8-4-3-5-17(7-8)10(11)12-6-9-13-15-16(2)14-9/h8H,3-7H2,1-2H3,(H2,11,12). The van der Waals surface area contributed by atoms with E-state index in [0.717, 1.165) is 13.1 Å². The largest absolute Gasteiger partial charge is 0.370 e. The van der Waals surface area contributed by atoms with Crippen molar-refractivity contribution < 1.29 is 0 Å². The van der Waals surface area contributed by atoms with Gasteiger partial charge in [0.2, 0.25) is 0 Å². The number of hydrogen-bond donors (Lipinski definition) is 1. The van der Waals surface area contributed by atoms with Gasteiger partial charge in [0, 0.05) is 13.1 Å². The summed E-state index contributed by atoms with van der Waals surface area (Å²) in [6.45, 7) is 4.62. The van der Waals surface area contributed by atoms with Crippen LogP contribution in [0.1, 0.15) is 25.6 Å². The number of likely N-dealkylation sites (tertiary alicyclic amines) is 1. The van der Waals surface area contributed by atoms with E-state index in [1.54, 1.807) is 7.05 Å². The van der Waals surface area contributed by atoms with Crippen LogP contribution >= 0.6 is 0 Å². The molecule has 1 atom stereocenters. The number of guanidine groups is 1. The van der Waals surface area contributed by atoms with E-state index < -0.39 is 0 Å². The van der Waals surface area contributed by atoms with Crippen molar-refractivity contribution in [3.63, 3.8) is 0 Å². The molecule has 1 aromatic heterocycles. The van der Waals surface area contributed by atoms with Crippen LogP contribution in [0.4, 0.5) is 0 Å². The molecule has 0 radical (unpaired) electrons. The molecule has 94 valence electrons. The minimum atomic E-state index is 0.393. The number of tetrazole rings is 1. The van der Waals surface area contributed by atoms with E-state index in [0.29, 0.717) is 24.2 Å². The predicted molar refractivity (Wildman–Crippen MR) is 64.1 cm³/mol. The highest BCUT2D eigenvalue weighted by Gasteiger charge is 2.17. The first-order chi connectivity index (χ1) is 8.15. The third kappa shape index (κ3) is 3.15. The summed E-state index contributed by atoms with van der Waals surface area (Å²) < 4.78 is 0. The molecule has 0 amide bonds. The zero-order valence-electron chi connectivity index (χ0n) is 10.4. The third-order valence-electron chi connectivity index (χ3n) is 2.91. The molecule has 1 unspecified atom stereocenters. The van der Waals surface area contributed by atoms with Gasteiger partial charge in [-0.2, -0.15) is 4.80 Å². The summed E-state index contributed by atoms with van der Waals surface area (Å²) in [5.74, 6) is 1.87. The fraction of sp³-hybridized carbons (Fsp3) is 0.800. The number of aromatic nitrogens is 4. The Hall–Kier alpha value is -1.66. The highest BCUT2D eigenvalue weighted by molar-refractivity contribution is 5.78. The smallest absolute Gasteiger partial charge is 0.196 e. The van der Waals surface area contributed by atoms with Crippen LogP contribution in [0.3, 0.4) is 0 Å². The second kappa shape index (κ2) is 5.11. The summed E-state index contributed by atoms with van der Waals surface area (Å²) in [5.41, 5.74) is 5.96. The van der Waals surface area contributed by atoms with E-state index in [-0.39, 0.29) is 0 Å². The molecule has 0 saturated carbocycles. The molecule has 1 aliphatic heterocycles. The lowest BCUT2D eigenvalue weighted by Crippen LogP contribution is -2.43. The van der Waals surface area contributed by atoms with Gasteiger partial charge in [-0.05, 0) is 24.0 Å². The van der Waals surface area contributed by atoms with Gasteiger partial charge in [0.1, 0.15) is 6.54 Å². The molecule has 1 aromatic rings. The first-order valence-corrected chi connectivity index (χ1v) is 5.93. The molecule has 0 bridgehead atoms. The lowest BCUT2D eigenvalue weighted by molar-refractivity contribution is 0.270. The van der Waals surface area contributed by atoms with Crippen LogP contribution in [0.2, 0.25) is 0 Å². The van der Waals surface area contributed by atoms with Gasteiger partial charge in [0.25, 0.3) is 0 Å². The monoisotopic (exact) mass is 237 g/mol. The van der Waals surface area contributed by atoms with Crippen LogP contribution in [0, 0.1) is 5.92 Å². The quantitative estimate of drug-likeness (QED) is 0.566. The Morgan fingerprint density at radius 3 is 3.06 bits per heavy atom. The SMILES string of the molecule is CC1CCCN(C(N)=NCc2nnn(C)n2)C1. The Kier molecular flexibility index (Phi) is 3.55. The van der Waals surface area contributed by atoms with E-state index in [1.807, 2.05) is 0 Å². The molecule has 0 aromatic carbocycles. The van der Waals surface area contributed by atoms with Crippen LogP contribution in [0.15, 0.2) is 4.99 Å². The van der Waals surface area contributed by atoms with Gasteiger partial charge >= 0.3 is 0 Å². The molecule has 1 aliphatic rings. The van der Waals surface area contributed by atoms with Crippen LogP contribution in [0.5, 0.6) is 0 Å². The Morgan fingerprint density at radius 2 is 2.41 bits per heavy atom. The summed E-state index contributed by atoms with van der Waals surface area (Å²) in [6.07, 6.45) is 2.45. The van der Waals surface area contributed by atoms with Crippen molar-refractivity contribution in [1.82, 2.24) is 25.1 Å². The Morgan fingerprint density at radius 1 is 1.59 bits per heavy atom. The lowest BCUT2D eigenvalue weighted by atomic mass is 10.0. The molecular formula is C10H19N7. The Bertz CT molecular complexity index is 397. The predicted octanol–water partition coefficient (Wildman–Crippen LogP) is -0.243. The van der Waals surface area contributed by atoms with Crippen molar-refractivity contribution >= 4 is 5.96 Å². The number of aryl methyl sites for hydroxylation is 1. The van der Waals surface area contributed by atoms with Crippen molar-refractivity contribution in [1.29, 1.82) is 0 Å². The van der Waals surface area contributed by atoms with Crippen LogP contribution in [-0.4, -0.2) is 44.2 Å². The van der Waals surface area contributed by atoms with Gasteiger partial charge < -0.3 is 10.6 Å².